The van der Waals surface area contributed by atoms with Crippen molar-refractivity contribution < 1.29 is 13.9 Å². The molecule has 1 unspecified atom stereocenters. The number of hydrogen-bond acceptors (Lipinski definition) is 5. The van der Waals surface area contributed by atoms with Crippen LogP contribution in [0.15, 0.2) is 30.3 Å². The van der Waals surface area contributed by atoms with Gasteiger partial charge < -0.3 is 15.0 Å². The number of carbonyl (C=O) groups excluding carboxylic acids is 1. The van der Waals surface area contributed by atoms with E-state index < -0.39 is 11.9 Å². The second-order valence-corrected chi connectivity index (χ2v) is 6.39. The molecular weight excluding hydrogens is 335 g/mol. The molecule has 1 saturated heterocycles. The lowest BCUT2D eigenvalue weighted by atomic mass is 10.3. The molecule has 3 rings (SSSR count). The van der Waals surface area contributed by atoms with Crippen LogP contribution in [0, 0.1) is 12.7 Å². The van der Waals surface area contributed by atoms with Crippen molar-refractivity contribution in [2.45, 2.75) is 39.3 Å². The summed E-state index contributed by atoms with van der Waals surface area (Å²) in [5.74, 6) is 0.664. The zero-order chi connectivity index (χ0) is 18.5. The summed E-state index contributed by atoms with van der Waals surface area (Å²) in [4.78, 5) is 23.4. The molecule has 7 heteroatoms. The Labute approximate surface area is 152 Å². The number of para-hydroxylation sites is 1. The predicted octanol–water partition coefficient (Wildman–Crippen LogP) is 2.61. The van der Waals surface area contributed by atoms with E-state index in [9.17, 15) is 9.18 Å². The maximum Gasteiger partial charge on any atom is 0.261 e. The highest BCUT2D eigenvalue weighted by atomic mass is 19.1. The molecule has 2 aromatic rings. The van der Waals surface area contributed by atoms with Gasteiger partial charge >= 0.3 is 0 Å². The van der Waals surface area contributed by atoms with Crippen molar-refractivity contribution in [2.24, 2.45) is 0 Å². The lowest BCUT2D eigenvalue weighted by Crippen LogP contribution is -2.36. The minimum Gasteiger partial charge on any atom is -0.478 e. The summed E-state index contributed by atoms with van der Waals surface area (Å²) in [7, 11) is 0. The van der Waals surface area contributed by atoms with Crippen molar-refractivity contribution in [3.8, 4) is 5.75 Å². The molecule has 2 heterocycles. The largest absolute Gasteiger partial charge is 0.478 e. The third kappa shape index (κ3) is 4.47. The summed E-state index contributed by atoms with van der Waals surface area (Å²) in [6, 6.07) is 7.97. The van der Waals surface area contributed by atoms with Crippen LogP contribution in [-0.4, -0.2) is 35.1 Å². The van der Waals surface area contributed by atoms with Crippen LogP contribution >= 0.6 is 0 Å². The average molecular weight is 358 g/mol. The van der Waals surface area contributed by atoms with Crippen LogP contribution in [-0.2, 0) is 11.3 Å². The highest BCUT2D eigenvalue weighted by Crippen LogP contribution is 2.19. The van der Waals surface area contributed by atoms with Crippen molar-refractivity contribution in [2.75, 3.05) is 18.0 Å². The number of aromatic nitrogens is 2. The summed E-state index contributed by atoms with van der Waals surface area (Å²) in [5.41, 5.74) is 0.863. The van der Waals surface area contributed by atoms with E-state index in [1.807, 2.05) is 13.0 Å². The van der Waals surface area contributed by atoms with Crippen LogP contribution in [0.5, 0.6) is 5.75 Å². The summed E-state index contributed by atoms with van der Waals surface area (Å²) < 4.78 is 19.0. The number of ether oxygens (including phenoxy) is 1. The molecule has 1 aliphatic heterocycles. The second-order valence-electron chi connectivity index (χ2n) is 6.39. The first-order chi connectivity index (χ1) is 12.5. The Kier molecular flexibility index (Phi) is 5.65. The van der Waals surface area contributed by atoms with Gasteiger partial charge in [0, 0.05) is 24.8 Å². The quantitative estimate of drug-likeness (QED) is 0.860. The van der Waals surface area contributed by atoms with Crippen LogP contribution in [0.25, 0.3) is 0 Å². The van der Waals surface area contributed by atoms with Crippen LogP contribution in [0.3, 0.4) is 0 Å². The zero-order valence-electron chi connectivity index (χ0n) is 15.0. The van der Waals surface area contributed by atoms with Gasteiger partial charge in [-0.25, -0.2) is 14.4 Å². The Bertz CT molecular complexity index is 778. The Morgan fingerprint density at radius 3 is 2.77 bits per heavy atom. The van der Waals surface area contributed by atoms with Gasteiger partial charge in [-0.1, -0.05) is 12.1 Å². The molecule has 0 spiro atoms. The highest BCUT2D eigenvalue weighted by Gasteiger charge is 2.18. The van der Waals surface area contributed by atoms with Crippen molar-refractivity contribution in [3.63, 3.8) is 0 Å². The van der Waals surface area contributed by atoms with Gasteiger partial charge in [-0.2, -0.15) is 0 Å². The average Bonchev–Trinajstić information content (AvgIpc) is 3.16. The molecule has 1 aliphatic rings. The first-order valence-electron chi connectivity index (χ1n) is 8.81. The number of benzene rings is 1. The number of amides is 1. The molecule has 1 aromatic carbocycles. The molecule has 26 heavy (non-hydrogen) atoms. The minimum atomic E-state index is -0.824. The number of nitrogens with zero attached hydrogens (tertiary/aromatic N) is 3. The van der Waals surface area contributed by atoms with Crippen molar-refractivity contribution in [1.29, 1.82) is 0 Å². The van der Waals surface area contributed by atoms with Crippen molar-refractivity contribution >= 4 is 11.7 Å². The molecule has 0 aliphatic carbocycles. The number of nitrogens with one attached hydrogen (secondary N) is 1. The third-order valence-electron chi connectivity index (χ3n) is 4.25. The Hall–Kier alpha value is -2.70. The molecule has 1 aromatic heterocycles. The van der Waals surface area contributed by atoms with E-state index in [2.05, 4.69) is 20.2 Å². The monoisotopic (exact) mass is 358 g/mol. The van der Waals surface area contributed by atoms with Gasteiger partial charge in [0.2, 0.25) is 0 Å². The maximum atomic E-state index is 13.6. The Morgan fingerprint density at radius 2 is 2.04 bits per heavy atom. The fourth-order valence-electron chi connectivity index (χ4n) is 2.89. The van der Waals surface area contributed by atoms with E-state index in [1.165, 1.54) is 25.0 Å². The maximum absolute atomic E-state index is 13.6. The van der Waals surface area contributed by atoms with Gasteiger partial charge in [-0.05, 0) is 38.8 Å². The molecule has 1 N–H and O–H groups in total. The van der Waals surface area contributed by atoms with Gasteiger partial charge in [-0.15, -0.1) is 0 Å². The fraction of sp³-hybridized carbons (Fsp3) is 0.421. The van der Waals surface area contributed by atoms with Crippen LogP contribution in [0.1, 0.15) is 31.3 Å². The zero-order valence-corrected chi connectivity index (χ0v) is 15.0. The van der Waals surface area contributed by atoms with Crippen molar-refractivity contribution in [1.82, 2.24) is 15.3 Å². The fourth-order valence-corrected chi connectivity index (χ4v) is 2.89. The molecule has 1 fully saturated rings. The number of carbonyl (C=O) groups is 1. The Morgan fingerprint density at radius 1 is 1.31 bits per heavy atom. The van der Waals surface area contributed by atoms with Gasteiger partial charge in [0.25, 0.3) is 5.91 Å². The molecular formula is C19H23FN4O2. The number of hydrogen-bond donors (Lipinski definition) is 1. The molecule has 138 valence electrons. The minimum absolute atomic E-state index is 0.0540. The standard InChI is InChI=1S/C19H23FN4O2/c1-13-11-18(24-9-5-6-10-24)23-17(22-13)12-21-19(25)14(2)26-16-8-4-3-7-15(16)20/h3-4,7-8,11,14H,5-6,9-10,12H2,1-2H3,(H,21,25). The van der Waals surface area contributed by atoms with Crippen LogP contribution < -0.4 is 15.0 Å². The SMILES string of the molecule is Cc1cc(N2CCCC2)nc(CNC(=O)C(C)Oc2ccccc2F)n1. The topological polar surface area (TPSA) is 67.4 Å². The van der Waals surface area contributed by atoms with Gasteiger partial charge in [0.15, 0.2) is 17.7 Å². The lowest BCUT2D eigenvalue weighted by molar-refractivity contribution is -0.127. The molecule has 0 saturated carbocycles. The van der Waals surface area contributed by atoms with Crippen LogP contribution in [0.4, 0.5) is 10.2 Å². The van der Waals surface area contributed by atoms with Gasteiger partial charge in [0.05, 0.1) is 6.54 Å². The smallest absolute Gasteiger partial charge is 0.261 e. The van der Waals surface area contributed by atoms with E-state index in [-0.39, 0.29) is 18.2 Å². The summed E-state index contributed by atoms with van der Waals surface area (Å²) in [6.07, 6.45) is 1.51. The molecule has 1 atom stereocenters. The molecule has 0 bridgehead atoms. The van der Waals surface area contributed by atoms with E-state index in [4.69, 9.17) is 4.74 Å². The molecule has 6 nitrogen and oxygen atoms in total. The first-order valence-corrected chi connectivity index (χ1v) is 8.81. The first kappa shape index (κ1) is 18.1. The molecule has 1 amide bonds. The summed E-state index contributed by atoms with van der Waals surface area (Å²) in [5, 5.41) is 2.75. The predicted molar refractivity (Wildman–Crippen MR) is 96.6 cm³/mol. The number of halogens is 1. The van der Waals surface area contributed by atoms with Crippen molar-refractivity contribution in [3.05, 3.63) is 47.7 Å². The summed E-state index contributed by atoms with van der Waals surface area (Å²) >= 11 is 0. The van der Waals surface area contributed by atoms with Gasteiger partial charge in [-0.3, -0.25) is 4.79 Å². The van der Waals surface area contributed by atoms with E-state index in [1.54, 1.807) is 19.1 Å². The van der Waals surface area contributed by atoms with Gasteiger partial charge in [0.1, 0.15) is 11.6 Å². The number of aryl methyl sites for hydroxylation is 1. The third-order valence-corrected chi connectivity index (χ3v) is 4.25. The lowest BCUT2D eigenvalue weighted by Gasteiger charge is -2.18. The van der Waals surface area contributed by atoms with E-state index >= 15 is 0 Å². The van der Waals surface area contributed by atoms with E-state index in [0.29, 0.717) is 5.82 Å². The normalized spacial score (nSPS) is 15.0. The molecule has 0 radical (unpaired) electrons. The van der Waals surface area contributed by atoms with E-state index in [0.717, 1.165) is 24.6 Å². The second kappa shape index (κ2) is 8.12. The van der Waals surface area contributed by atoms with Crippen LogP contribution in [0.2, 0.25) is 0 Å². The highest BCUT2D eigenvalue weighted by molar-refractivity contribution is 5.80. The summed E-state index contributed by atoms with van der Waals surface area (Å²) in [6.45, 7) is 5.68. The number of anilines is 1. The Balaban J connectivity index is 1.59. The number of rotatable bonds is 6.